The standard InChI is InChI=1S/C14H19BrO3S/c1-2-7-18-13-5-3-4-11(9-13)14(15)12-6-8-19(16,17)10-12/h3-5,9,12,14H,2,6-8,10H2,1H3. The lowest BCUT2D eigenvalue weighted by atomic mass is 9.98. The summed E-state index contributed by atoms with van der Waals surface area (Å²) in [6, 6.07) is 7.91. The van der Waals surface area contributed by atoms with Crippen molar-refractivity contribution < 1.29 is 13.2 Å². The van der Waals surface area contributed by atoms with E-state index in [1.54, 1.807) is 0 Å². The fraction of sp³-hybridized carbons (Fsp3) is 0.571. The maximum atomic E-state index is 11.5. The summed E-state index contributed by atoms with van der Waals surface area (Å²) in [6.45, 7) is 2.77. The van der Waals surface area contributed by atoms with Gasteiger partial charge in [0, 0.05) is 4.83 Å². The van der Waals surface area contributed by atoms with Crippen LogP contribution in [0.3, 0.4) is 0 Å². The van der Waals surface area contributed by atoms with Gasteiger partial charge in [-0.15, -0.1) is 0 Å². The van der Waals surface area contributed by atoms with Crippen LogP contribution in [0.5, 0.6) is 5.75 Å². The SMILES string of the molecule is CCCOc1cccc(C(Br)C2CCS(=O)(=O)C2)c1. The van der Waals surface area contributed by atoms with Crippen LogP contribution in [0, 0.1) is 5.92 Å². The van der Waals surface area contributed by atoms with Crippen molar-refractivity contribution in [3.8, 4) is 5.75 Å². The van der Waals surface area contributed by atoms with Gasteiger partial charge in [0.25, 0.3) is 0 Å². The molecule has 0 bridgehead atoms. The molecule has 0 aliphatic carbocycles. The second kappa shape index (κ2) is 6.27. The van der Waals surface area contributed by atoms with E-state index in [1.807, 2.05) is 24.3 Å². The summed E-state index contributed by atoms with van der Waals surface area (Å²) in [6.07, 6.45) is 1.71. The Morgan fingerprint density at radius 1 is 1.47 bits per heavy atom. The number of benzene rings is 1. The van der Waals surface area contributed by atoms with Crippen molar-refractivity contribution in [3.63, 3.8) is 0 Å². The minimum atomic E-state index is -2.83. The lowest BCUT2D eigenvalue weighted by Gasteiger charge is -2.17. The number of hydrogen-bond acceptors (Lipinski definition) is 3. The van der Waals surface area contributed by atoms with Gasteiger partial charge in [0.05, 0.1) is 18.1 Å². The molecule has 0 amide bonds. The Labute approximate surface area is 123 Å². The zero-order chi connectivity index (χ0) is 13.9. The van der Waals surface area contributed by atoms with Gasteiger partial charge < -0.3 is 4.74 Å². The number of rotatable bonds is 5. The minimum absolute atomic E-state index is 0.0787. The van der Waals surface area contributed by atoms with E-state index in [0.29, 0.717) is 12.4 Å². The average Bonchev–Trinajstić information content (AvgIpc) is 2.76. The summed E-state index contributed by atoms with van der Waals surface area (Å²) in [5.74, 6) is 1.60. The van der Waals surface area contributed by atoms with E-state index in [-0.39, 0.29) is 16.5 Å². The number of alkyl halides is 1. The van der Waals surface area contributed by atoms with Crippen LogP contribution in [0.4, 0.5) is 0 Å². The fourth-order valence-corrected chi connectivity index (χ4v) is 5.15. The van der Waals surface area contributed by atoms with Crippen molar-refractivity contribution >= 4 is 25.8 Å². The lowest BCUT2D eigenvalue weighted by molar-refractivity contribution is 0.317. The number of halogens is 1. The summed E-state index contributed by atoms with van der Waals surface area (Å²) in [4.78, 5) is 0.0787. The molecule has 0 N–H and O–H groups in total. The van der Waals surface area contributed by atoms with Crippen LogP contribution in [0.1, 0.15) is 30.2 Å². The molecule has 2 unspecified atom stereocenters. The Bertz CT molecular complexity index is 527. The van der Waals surface area contributed by atoms with Gasteiger partial charge in [-0.25, -0.2) is 8.42 Å². The van der Waals surface area contributed by atoms with Gasteiger partial charge in [0.1, 0.15) is 5.75 Å². The van der Waals surface area contributed by atoms with Crippen molar-refractivity contribution in [2.75, 3.05) is 18.1 Å². The predicted molar refractivity (Wildman–Crippen MR) is 80.7 cm³/mol. The summed E-state index contributed by atoms with van der Waals surface area (Å²) < 4.78 is 28.7. The summed E-state index contributed by atoms with van der Waals surface area (Å²) in [5, 5.41) is 0. The van der Waals surface area contributed by atoms with Crippen LogP contribution < -0.4 is 4.74 Å². The highest BCUT2D eigenvalue weighted by Gasteiger charge is 2.33. The van der Waals surface area contributed by atoms with Gasteiger partial charge in [-0.1, -0.05) is 35.0 Å². The molecule has 0 saturated carbocycles. The molecule has 1 aromatic rings. The topological polar surface area (TPSA) is 43.4 Å². The van der Waals surface area contributed by atoms with Crippen LogP contribution in [-0.2, 0) is 9.84 Å². The third-order valence-electron chi connectivity index (χ3n) is 3.33. The van der Waals surface area contributed by atoms with E-state index in [2.05, 4.69) is 22.9 Å². The zero-order valence-corrected chi connectivity index (χ0v) is 13.4. The molecule has 2 rings (SSSR count). The second-order valence-electron chi connectivity index (χ2n) is 4.99. The molecule has 106 valence electrons. The molecule has 1 saturated heterocycles. The van der Waals surface area contributed by atoms with E-state index in [4.69, 9.17) is 4.74 Å². The molecular weight excluding hydrogens is 328 g/mol. The van der Waals surface area contributed by atoms with E-state index < -0.39 is 9.84 Å². The van der Waals surface area contributed by atoms with Gasteiger partial charge >= 0.3 is 0 Å². The van der Waals surface area contributed by atoms with E-state index in [0.717, 1.165) is 24.2 Å². The summed E-state index contributed by atoms with van der Waals surface area (Å²) in [5.41, 5.74) is 1.09. The first-order valence-electron chi connectivity index (χ1n) is 6.59. The minimum Gasteiger partial charge on any atom is -0.494 e. The molecule has 2 atom stereocenters. The maximum Gasteiger partial charge on any atom is 0.150 e. The predicted octanol–water partition coefficient (Wildman–Crippen LogP) is 3.35. The van der Waals surface area contributed by atoms with E-state index >= 15 is 0 Å². The molecule has 0 aromatic heterocycles. The van der Waals surface area contributed by atoms with Crippen molar-refractivity contribution in [1.29, 1.82) is 0 Å². The van der Waals surface area contributed by atoms with Crippen LogP contribution in [0.15, 0.2) is 24.3 Å². The Morgan fingerprint density at radius 2 is 2.26 bits per heavy atom. The number of sulfone groups is 1. The van der Waals surface area contributed by atoms with Crippen LogP contribution in [0.2, 0.25) is 0 Å². The molecular formula is C14H19BrO3S. The van der Waals surface area contributed by atoms with Crippen molar-refractivity contribution in [2.24, 2.45) is 5.92 Å². The largest absolute Gasteiger partial charge is 0.494 e. The fourth-order valence-electron chi connectivity index (χ4n) is 2.32. The normalized spacial score (nSPS) is 23.2. The van der Waals surface area contributed by atoms with Crippen LogP contribution in [0.25, 0.3) is 0 Å². The van der Waals surface area contributed by atoms with Crippen LogP contribution in [-0.4, -0.2) is 26.5 Å². The lowest BCUT2D eigenvalue weighted by Crippen LogP contribution is -2.10. The first-order valence-corrected chi connectivity index (χ1v) is 9.33. The molecule has 1 heterocycles. The first kappa shape index (κ1) is 14.9. The zero-order valence-electron chi connectivity index (χ0n) is 11.0. The third kappa shape index (κ3) is 3.96. The molecule has 1 aliphatic rings. The maximum absolute atomic E-state index is 11.5. The summed E-state index contributed by atoms with van der Waals surface area (Å²) in [7, 11) is -2.83. The van der Waals surface area contributed by atoms with Gasteiger partial charge in [0.15, 0.2) is 9.84 Å². The highest BCUT2D eigenvalue weighted by atomic mass is 79.9. The van der Waals surface area contributed by atoms with Gasteiger partial charge in [-0.2, -0.15) is 0 Å². The highest BCUT2D eigenvalue weighted by molar-refractivity contribution is 9.09. The van der Waals surface area contributed by atoms with Crippen molar-refractivity contribution in [2.45, 2.75) is 24.6 Å². The number of ether oxygens (including phenoxy) is 1. The Kier molecular flexibility index (Phi) is 4.90. The Hall–Kier alpha value is -0.550. The van der Waals surface area contributed by atoms with Crippen molar-refractivity contribution in [3.05, 3.63) is 29.8 Å². The number of hydrogen-bond donors (Lipinski definition) is 0. The molecule has 1 aromatic carbocycles. The molecule has 19 heavy (non-hydrogen) atoms. The van der Waals surface area contributed by atoms with Gasteiger partial charge in [-0.05, 0) is 36.5 Å². The third-order valence-corrected chi connectivity index (χ3v) is 6.40. The molecule has 0 radical (unpaired) electrons. The molecule has 1 aliphatic heterocycles. The molecule has 1 fully saturated rings. The van der Waals surface area contributed by atoms with Crippen molar-refractivity contribution in [1.82, 2.24) is 0 Å². The first-order chi connectivity index (χ1) is 9.02. The highest BCUT2D eigenvalue weighted by Crippen LogP contribution is 2.38. The van der Waals surface area contributed by atoms with Crippen LogP contribution >= 0.6 is 15.9 Å². The average molecular weight is 347 g/mol. The second-order valence-corrected chi connectivity index (χ2v) is 8.20. The quantitative estimate of drug-likeness (QED) is 0.768. The molecule has 5 heteroatoms. The summed E-state index contributed by atoms with van der Waals surface area (Å²) >= 11 is 3.65. The van der Waals surface area contributed by atoms with Gasteiger partial charge in [-0.3, -0.25) is 0 Å². The molecule has 3 nitrogen and oxygen atoms in total. The Balaban J connectivity index is 2.08. The molecule has 0 spiro atoms. The monoisotopic (exact) mass is 346 g/mol. The van der Waals surface area contributed by atoms with E-state index in [9.17, 15) is 8.42 Å². The smallest absolute Gasteiger partial charge is 0.150 e. The Morgan fingerprint density at radius 3 is 2.89 bits per heavy atom. The van der Waals surface area contributed by atoms with E-state index in [1.165, 1.54) is 0 Å². The van der Waals surface area contributed by atoms with Gasteiger partial charge in [0.2, 0.25) is 0 Å².